The number of anilines is 1. The number of pyridine rings is 1. The van der Waals surface area contributed by atoms with Crippen molar-refractivity contribution in [3.8, 4) is 0 Å². The van der Waals surface area contributed by atoms with Crippen LogP contribution in [0.3, 0.4) is 0 Å². The van der Waals surface area contributed by atoms with Crippen molar-refractivity contribution in [1.82, 2.24) is 25.4 Å². The van der Waals surface area contributed by atoms with E-state index in [1.54, 1.807) is 29.3 Å². The zero-order valence-electron chi connectivity index (χ0n) is 20.1. The molecular weight excluding hydrogens is 489 g/mol. The number of amides is 3. The SMILES string of the molecule is CCc1cccc2c1C1(CCN(C(=O)c3cnc4[nH]ncc4c3)CC1)C(=O)N2CC(=O)NCC(F)(F)F. The third-order valence-corrected chi connectivity index (χ3v) is 7.16. The van der Waals surface area contributed by atoms with E-state index in [9.17, 15) is 27.6 Å². The van der Waals surface area contributed by atoms with Crippen molar-refractivity contribution in [1.29, 1.82) is 0 Å². The fourth-order valence-corrected chi connectivity index (χ4v) is 5.38. The molecule has 0 atom stereocenters. The average Bonchev–Trinajstić information content (AvgIpc) is 3.44. The molecule has 9 nitrogen and oxygen atoms in total. The number of hydrogen-bond acceptors (Lipinski definition) is 5. The summed E-state index contributed by atoms with van der Waals surface area (Å²) in [6.07, 6.45) is -0.154. The molecule has 1 saturated heterocycles. The largest absolute Gasteiger partial charge is 0.405 e. The van der Waals surface area contributed by atoms with E-state index in [1.165, 1.54) is 11.1 Å². The number of fused-ring (bicyclic) bond motifs is 3. The lowest BCUT2D eigenvalue weighted by Gasteiger charge is -2.39. The number of rotatable bonds is 5. The molecule has 1 aromatic carbocycles. The number of H-pyrrole nitrogens is 1. The van der Waals surface area contributed by atoms with Crippen LogP contribution in [0.25, 0.3) is 11.0 Å². The number of hydrogen-bond donors (Lipinski definition) is 2. The summed E-state index contributed by atoms with van der Waals surface area (Å²) in [5, 5.41) is 9.23. The first-order valence-corrected chi connectivity index (χ1v) is 12.0. The first kappa shape index (κ1) is 24.7. The molecule has 4 heterocycles. The Morgan fingerprint density at radius 3 is 2.65 bits per heavy atom. The molecule has 1 spiro atoms. The number of alkyl halides is 3. The molecule has 0 aliphatic carbocycles. The van der Waals surface area contributed by atoms with Gasteiger partial charge in [-0.05, 0) is 42.5 Å². The van der Waals surface area contributed by atoms with Crippen molar-refractivity contribution >= 4 is 34.4 Å². The Labute approximate surface area is 210 Å². The first-order chi connectivity index (χ1) is 17.6. The summed E-state index contributed by atoms with van der Waals surface area (Å²) < 4.78 is 37.7. The van der Waals surface area contributed by atoms with E-state index in [4.69, 9.17) is 0 Å². The smallest absolute Gasteiger partial charge is 0.345 e. The molecule has 2 N–H and O–H groups in total. The predicted molar refractivity (Wildman–Crippen MR) is 128 cm³/mol. The second-order valence-electron chi connectivity index (χ2n) is 9.35. The summed E-state index contributed by atoms with van der Waals surface area (Å²) in [5.41, 5.74) is 2.34. The standard InChI is InChI=1S/C25H25F3N6O3/c1-2-15-4-3-5-18-20(15)24(23(37)34(18)13-19(35)30-14-25(26,27)28)6-8-33(9-7-24)22(36)17-10-16-12-31-32-21(16)29-11-17/h3-5,10-12H,2,6-9,13-14H2,1H3,(H,30,35)(H,29,31,32). The summed E-state index contributed by atoms with van der Waals surface area (Å²) in [6, 6.07) is 7.14. The number of halogens is 3. The van der Waals surface area contributed by atoms with Gasteiger partial charge in [0.15, 0.2) is 5.65 Å². The molecule has 0 saturated carbocycles. The summed E-state index contributed by atoms with van der Waals surface area (Å²) in [4.78, 5) is 46.5. The van der Waals surface area contributed by atoms with Gasteiger partial charge in [-0.25, -0.2) is 4.98 Å². The molecule has 37 heavy (non-hydrogen) atoms. The number of nitrogens with zero attached hydrogens (tertiary/aromatic N) is 4. The number of aromatic amines is 1. The second kappa shape index (κ2) is 9.16. The Morgan fingerprint density at radius 1 is 1.19 bits per heavy atom. The number of carbonyl (C=O) groups excluding carboxylic acids is 3. The van der Waals surface area contributed by atoms with Crippen molar-refractivity contribution in [2.75, 3.05) is 31.1 Å². The van der Waals surface area contributed by atoms with Gasteiger partial charge in [0, 0.05) is 30.4 Å². The highest BCUT2D eigenvalue weighted by Crippen LogP contribution is 2.49. The number of piperidine rings is 1. The molecule has 1 fully saturated rings. The minimum Gasteiger partial charge on any atom is -0.345 e. The minimum absolute atomic E-state index is 0.205. The van der Waals surface area contributed by atoms with E-state index in [-0.39, 0.29) is 11.8 Å². The van der Waals surface area contributed by atoms with Crippen LogP contribution in [0.15, 0.2) is 36.7 Å². The van der Waals surface area contributed by atoms with Gasteiger partial charge in [0.1, 0.15) is 13.1 Å². The molecule has 0 unspecified atom stereocenters. The zero-order chi connectivity index (χ0) is 26.4. The monoisotopic (exact) mass is 514 g/mol. The molecule has 2 aliphatic rings. The second-order valence-corrected chi connectivity index (χ2v) is 9.35. The maximum Gasteiger partial charge on any atom is 0.405 e. The molecule has 194 valence electrons. The van der Waals surface area contributed by atoms with Crippen LogP contribution in [-0.2, 0) is 21.4 Å². The van der Waals surface area contributed by atoms with Crippen LogP contribution in [0, 0.1) is 0 Å². The number of aromatic nitrogens is 3. The number of benzene rings is 1. The summed E-state index contributed by atoms with van der Waals surface area (Å²) in [6.45, 7) is 0.608. The number of carbonyl (C=O) groups is 3. The first-order valence-electron chi connectivity index (χ1n) is 12.0. The van der Waals surface area contributed by atoms with Gasteiger partial charge in [0.25, 0.3) is 5.91 Å². The lowest BCUT2D eigenvalue weighted by molar-refractivity contribution is -0.138. The van der Waals surface area contributed by atoms with Crippen LogP contribution in [0.5, 0.6) is 0 Å². The predicted octanol–water partition coefficient (Wildman–Crippen LogP) is 2.72. The van der Waals surface area contributed by atoms with Gasteiger partial charge in [0.05, 0.1) is 17.2 Å². The third-order valence-electron chi connectivity index (χ3n) is 7.16. The van der Waals surface area contributed by atoms with Crippen LogP contribution >= 0.6 is 0 Å². The van der Waals surface area contributed by atoms with Gasteiger partial charge in [0.2, 0.25) is 11.8 Å². The summed E-state index contributed by atoms with van der Waals surface area (Å²) in [7, 11) is 0. The van der Waals surface area contributed by atoms with Gasteiger partial charge in [-0.1, -0.05) is 19.1 Å². The summed E-state index contributed by atoms with van der Waals surface area (Å²) >= 11 is 0. The van der Waals surface area contributed by atoms with Crippen LogP contribution in [0.1, 0.15) is 41.3 Å². The van der Waals surface area contributed by atoms with Gasteiger partial charge >= 0.3 is 6.18 Å². The lowest BCUT2D eigenvalue weighted by Crippen LogP contribution is -2.51. The Bertz CT molecular complexity index is 1380. The lowest BCUT2D eigenvalue weighted by atomic mass is 9.71. The highest BCUT2D eigenvalue weighted by molar-refractivity contribution is 6.11. The Morgan fingerprint density at radius 2 is 1.95 bits per heavy atom. The Hall–Kier alpha value is -3.96. The molecule has 2 aromatic heterocycles. The molecule has 2 aliphatic heterocycles. The molecule has 5 rings (SSSR count). The number of likely N-dealkylation sites (tertiary alicyclic amines) is 1. The Balaban J connectivity index is 1.38. The van der Waals surface area contributed by atoms with Gasteiger partial charge in [-0.15, -0.1) is 0 Å². The molecule has 0 radical (unpaired) electrons. The maximum absolute atomic E-state index is 13.8. The van der Waals surface area contributed by atoms with E-state index in [0.717, 1.165) is 11.1 Å². The van der Waals surface area contributed by atoms with Crippen LogP contribution in [0.2, 0.25) is 0 Å². The van der Waals surface area contributed by atoms with Gasteiger partial charge in [-0.2, -0.15) is 18.3 Å². The van der Waals surface area contributed by atoms with Crippen LogP contribution < -0.4 is 10.2 Å². The van der Waals surface area contributed by atoms with E-state index in [1.807, 2.05) is 18.3 Å². The van der Waals surface area contributed by atoms with Crippen molar-refractivity contribution in [3.05, 3.63) is 53.3 Å². The van der Waals surface area contributed by atoms with Crippen LogP contribution in [0.4, 0.5) is 18.9 Å². The van der Waals surface area contributed by atoms with E-state index in [2.05, 4.69) is 15.2 Å². The molecule has 3 aromatic rings. The van der Waals surface area contributed by atoms with Gasteiger partial charge < -0.3 is 15.1 Å². The molecule has 12 heteroatoms. The fraction of sp³-hybridized carbons (Fsp3) is 0.400. The average molecular weight is 515 g/mol. The van der Waals surface area contributed by atoms with Crippen LogP contribution in [-0.4, -0.2) is 70.2 Å². The molecule has 0 bridgehead atoms. The Kier molecular flexibility index (Phi) is 6.12. The molecular formula is C25H25F3N6O3. The van der Waals surface area contributed by atoms with Crippen molar-refractivity contribution in [3.63, 3.8) is 0 Å². The molecule has 3 amide bonds. The zero-order valence-corrected chi connectivity index (χ0v) is 20.1. The van der Waals surface area contributed by atoms with E-state index < -0.39 is 30.6 Å². The highest BCUT2D eigenvalue weighted by Gasteiger charge is 2.53. The van der Waals surface area contributed by atoms with E-state index >= 15 is 0 Å². The maximum atomic E-state index is 13.8. The van der Waals surface area contributed by atoms with Crippen molar-refractivity contribution < 1.29 is 27.6 Å². The number of nitrogens with one attached hydrogen (secondary N) is 2. The third kappa shape index (κ3) is 4.40. The topological polar surface area (TPSA) is 111 Å². The quantitative estimate of drug-likeness (QED) is 0.544. The van der Waals surface area contributed by atoms with Crippen molar-refractivity contribution in [2.24, 2.45) is 0 Å². The van der Waals surface area contributed by atoms with Crippen molar-refractivity contribution in [2.45, 2.75) is 37.8 Å². The van der Waals surface area contributed by atoms with Gasteiger partial charge in [-0.3, -0.25) is 19.5 Å². The van der Waals surface area contributed by atoms with E-state index in [0.29, 0.717) is 54.6 Å². The fourth-order valence-electron chi connectivity index (χ4n) is 5.38. The number of aryl methyl sites for hydroxylation is 1. The minimum atomic E-state index is -4.55. The highest BCUT2D eigenvalue weighted by atomic mass is 19.4. The normalized spacial score (nSPS) is 16.9. The summed E-state index contributed by atoms with van der Waals surface area (Å²) in [5.74, 6) is -1.41.